The van der Waals surface area contributed by atoms with E-state index in [0.29, 0.717) is 11.3 Å². The lowest BCUT2D eigenvalue weighted by atomic mass is 9.72. The van der Waals surface area contributed by atoms with Crippen molar-refractivity contribution in [3.05, 3.63) is 47.7 Å². The van der Waals surface area contributed by atoms with Gasteiger partial charge in [-0.05, 0) is 67.2 Å². The normalized spacial score (nSPS) is 22.5. The van der Waals surface area contributed by atoms with Gasteiger partial charge in [-0.2, -0.15) is 0 Å². The summed E-state index contributed by atoms with van der Waals surface area (Å²) < 4.78 is 11.0. The van der Waals surface area contributed by atoms with Gasteiger partial charge >= 0.3 is 12.0 Å². The van der Waals surface area contributed by atoms with E-state index in [2.05, 4.69) is 5.32 Å². The van der Waals surface area contributed by atoms with Crippen molar-refractivity contribution in [1.29, 1.82) is 0 Å². The third-order valence-corrected chi connectivity index (χ3v) is 7.48. The summed E-state index contributed by atoms with van der Waals surface area (Å²) in [5.74, 6) is -0.348. The predicted octanol–water partition coefficient (Wildman–Crippen LogP) is 5.17. The van der Waals surface area contributed by atoms with Crippen LogP contribution in [-0.2, 0) is 14.3 Å². The average Bonchev–Trinajstić information content (AvgIpc) is 3.14. The molecule has 0 aliphatic heterocycles. The summed E-state index contributed by atoms with van der Waals surface area (Å²) in [4.78, 5) is 31.6. The number of allylic oxidation sites excluding steroid dienone is 1. The molecular formula is C30H45N3O5. The van der Waals surface area contributed by atoms with Gasteiger partial charge < -0.3 is 24.8 Å². The molecule has 1 aromatic rings. The maximum absolute atomic E-state index is 14.2. The van der Waals surface area contributed by atoms with Gasteiger partial charge in [-0.25, -0.2) is 9.59 Å². The van der Waals surface area contributed by atoms with Gasteiger partial charge in [0.15, 0.2) is 5.54 Å². The molecule has 8 heteroatoms. The van der Waals surface area contributed by atoms with Crippen LogP contribution in [0.1, 0.15) is 66.2 Å². The first-order valence-electron chi connectivity index (χ1n) is 13.7. The van der Waals surface area contributed by atoms with Crippen LogP contribution in [0.5, 0.6) is 0 Å². The van der Waals surface area contributed by atoms with Gasteiger partial charge in [0, 0.05) is 31.5 Å². The maximum Gasteiger partial charge on any atom is 0.339 e. The smallest absolute Gasteiger partial charge is 0.339 e. The second-order valence-corrected chi connectivity index (χ2v) is 11.4. The van der Waals surface area contributed by atoms with E-state index in [1.54, 1.807) is 17.9 Å². The van der Waals surface area contributed by atoms with Crippen LogP contribution in [0.2, 0.25) is 0 Å². The van der Waals surface area contributed by atoms with Crippen molar-refractivity contribution < 1.29 is 24.2 Å². The molecule has 8 nitrogen and oxygen atoms in total. The summed E-state index contributed by atoms with van der Waals surface area (Å²) in [6.45, 7) is 7.65. The van der Waals surface area contributed by atoms with Crippen molar-refractivity contribution in [2.75, 3.05) is 37.6 Å². The molecule has 0 aromatic heterocycles. The van der Waals surface area contributed by atoms with E-state index in [9.17, 15) is 14.7 Å². The van der Waals surface area contributed by atoms with Crippen molar-refractivity contribution in [3.63, 3.8) is 0 Å². The zero-order valence-electron chi connectivity index (χ0n) is 24.0. The van der Waals surface area contributed by atoms with Crippen molar-refractivity contribution in [3.8, 4) is 0 Å². The molecule has 2 aliphatic carbocycles. The monoisotopic (exact) mass is 527 g/mol. The molecule has 1 saturated carbocycles. The fraction of sp³-hybridized carbons (Fsp3) is 0.600. The Hall–Kier alpha value is -3.00. The van der Waals surface area contributed by atoms with E-state index < -0.39 is 29.1 Å². The third-order valence-electron chi connectivity index (χ3n) is 7.48. The molecule has 0 spiro atoms. The highest BCUT2D eigenvalue weighted by Crippen LogP contribution is 2.39. The van der Waals surface area contributed by atoms with Crippen LogP contribution in [0.15, 0.2) is 47.7 Å². The Bertz CT molecular complexity index is 1030. The van der Waals surface area contributed by atoms with Gasteiger partial charge in [0.05, 0.1) is 13.7 Å². The number of urea groups is 1. The Kier molecular flexibility index (Phi) is 9.52. The summed E-state index contributed by atoms with van der Waals surface area (Å²) in [6.07, 6.45) is 7.93. The van der Waals surface area contributed by atoms with E-state index in [-0.39, 0.29) is 12.6 Å². The van der Waals surface area contributed by atoms with Crippen molar-refractivity contribution in [2.45, 2.75) is 83.9 Å². The molecule has 0 heterocycles. The van der Waals surface area contributed by atoms with E-state index in [1.807, 2.05) is 64.0 Å². The summed E-state index contributed by atoms with van der Waals surface area (Å²) in [5.41, 5.74) is -0.00709. The topological polar surface area (TPSA) is 91.3 Å². The Morgan fingerprint density at radius 3 is 2.13 bits per heavy atom. The second kappa shape index (κ2) is 12.2. The molecule has 2 aliphatic rings. The lowest BCUT2D eigenvalue weighted by Gasteiger charge is -2.43. The summed E-state index contributed by atoms with van der Waals surface area (Å²) in [7, 11) is 5.44. The molecule has 210 valence electrons. The fourth-order valence-electron chi connectivity index (χ4n) is 5.30. The summed E-state index contributed by atoms with van der Waals surface area (Å²) in [5, 5.41) is 14.6. The number of aliphatic hydroxyl groups is 1. The molecule has 2 amide bonds. The molecule has 0 radical (unpaired) electrons. The lowest BCUT2D eigenvalue weighted by molar-refractivity contribution is -0.152. The quantitative estimate of drug-likeness (QED) is 0.376. The van der Waals surface area contributed by atoms with Crippen molar-refractivity contribution in [2.24, 2.45) is 5.41 Å². The number of benzene rings is 1. The van der Waals surface area contributed by atoms with Crippen LogP contribution in [0.3, 0.4) is 0 Å². The van der Waals surface area contributed by atoms with Crippen LogP contribution in [0, 0.1) is 5.41 Å². The second-order valence-electron chi connectivity index (χ2n) is 11.4. The molecular weight excluding hydrogens is 482 g/mol. The van der Waals surface area contributed by atoms with Crippen LogP contribution in [0.25, 0.3) is 0 Å². The Morgan fingerprint density at radius 2 is 1.63 bits per heavy atom. The number of methoxy groups -OCH3 is 1. The largest absolute Gasteiger partial charge is 0.497 e. The van der Waals surface area contributed by atoms with E-state index in [1.165, 1.54) is 13.2 Å². The number of carbonyl (C=O) groups excluding carboxylic acids is 2. The number of nitrogens with zero attached hydrogens (tertiary/aromatic N) is 2. The number of hydrogen-bond acceptors (Lipinski definition) is 6. The molecule has 2 atom stereocenters. The van der Waals surface area contributed by atoms with E-state index in [0.717, 1.165) is 49.9 Å². The zero-order valence-corrected chi connectivity index (χ0v) is 24.0. The minimum atomic E-state index is -1.84. The highest BCUT2D eigenvalue weighted by atomic mass is 16.5. The molecule has 2 N–H and O–H groups in total. The summed E-state index contributed by atoms with van der Waals surface area (Å²) >= 11 is 0. The van der Waals surface area contributed by atoms with Gasteiger partial charge in [-0.3, -0.25) is 4.90 Å². The predicted molar refractivity (Wildman–Crippen MR) is 151 cm³/mol. The number of amides is 2. The zero-order chi connectivity index (χ0) is 28.1. The maximum atomic E-state index is 14.2. The highest BCUT2D eigenvalue weighted by molar-refractivity contribution is 5.98. The molecule has 1 aromatic carbocycles. The standard InChI is InChI=1S/C30H45N3O5/c1-8-38-27(35)30(20-24(37-7)19-25(26(30)34)29(2,3)4)31-28(36)33(22-13-11-9-10-12-14-22)23-17-15-21(16-18-23)32(5)6/h15-20,22,26,34H,8-14H2,1-7H3,(H,31,36). The molecule has 0 saturated heterocycles. The number of esters is 1. The molecule has 3 rings (SSSR count). The van der Waals surface area contributed by atoms with Crippen molar-refractivity contribution in [1.82, 2.24) is 5.32 Å². The number of aliphatic hydroxyl groups excluding tert-OH is 1. The SMILES string of the molecule is CCOC(=O)C1(NC(=O)N(c2ccc(N(C)C)cc2)C2CCCCCC2)C=C(OC)C=C(C(C)(C)C)C1O. The van der Waals surface area contributed by atoms with Crippen LogP contribution >= 0.6 is 0 Å². The highest BCUT2D eigenvalue weighted by Gasteiger charge is 2.53. The number of hydrogen-bond donors (Lipinski definition) is 2. The van der Waals surface area contributed by atoms with Gasteiger partial charge in [-0.15, -0.1) is 0 Å². The van der Waals surface area contributed by atoms with Crippen LogP contribution < -0.4 is 15.1 Å². The van der Waals surface area contributed by atoms with Crippen LogP contribution in [-0.4, -0.2) is 62.6 Å². The van der Waals surface area contributed by atoms with Gasteiger partial charge in [-0.1, -0.05) is 46.5 Å². The third kappa shape index (κ3) is 6.34. The molecule has 2 unspecified atom stereocenters. The van der Waals surface area contributed by atoms with E-state index >= 15 is 0 Å². The number of nitrogens with one attached hydrogen (secondary N) is 1. The molecule has 38 heavy (non-hydrogen) atoms. The van der Waals surface area contributed by atoms with Gasteiger partial charge in [0.1, 0.15) is 11.9 Å². The number of ether oxygens (including phenoxy) is 2. The number of rotatable bonds is 7. The average molecular weight is 528 g/mol. The molecule has 1 fully saturated rings. The van der Waals surface area contributed by atoms with Crippen molar-refractivity contribution >= 4 is 23.4 Å². The fourth-order valence-corrected chi connectivity index (χ4v) is 5.30. The minimum Gasteiger partial charge on any atom is -0.497 e. The minimum absolute atomic E-state index is 0.0359. The lowest BCUT2D eigenvalue weighted by Crippen LogP contribution is -2.66. The summed E-state index contributed by atoms with van der Waals surface area (Å²) in [6, 6.07) is 7.34. The van der Waals surface area contributed by atoms with E-state index in [4.69, 9.17) is 9.47 Å². The first-order chi connectivity index (χ1) is 17.9. The molecule has 0 bridgehead atoms. The Balaban J connectivity index is 2.09. The first-order valence-corrected chi connectivity index (χ1v) is 13.7. The first kappa shape index (κ1) is 29.6. The Labute approximate surface area is 227 Å². The Morgan fingerprint density at radius 1 is 1.05 bits per heavy atom. The number of anilines is 2. The van der Waals surface area contributed by atoms with Crippen LogP contribution in [0.4, 0.5) is 16.2 Å². The van der Waals surface area contributed by atoms with Gasteiger partial charge in [0.2, 0.25) is 0 Å². The van der Waals surface area contributed by atoms with Gasteiger partial charge in [0.25, 0.3) is 0 Å². The number of carbonyl (C=O) groups is 2.